The molecule has 3 atom stereocenters. The maximum atomic E-state index is 13.6. The van der Waals surface area contributed by atoms with Crippen LogP contribution in [-0.2, 0) is 0 Å². The summed E-state index contributed by atoms with van der Waals surface area (Å²) in [5.74, 6) is -0.797. The second kappa shape index (κ2) is 6.44. The summed E-state index contributed by atoms with van der Waals surface area (Å²) in [4.78, 5) is 0. The van der Waals surface area contributed by atoms with Crippen molar-refractivity contribution < 1.29 is 13.9 Å². The van der Waals surface area contributed by atoms with Gasteiger partial charge in [-0.1, -0.05) is 18.6 Å². The fourth-order valence-electron chi connectivity index (χ4n) is 2.92. The number of halogens is 2. The van der Waals surface area contributed by atoms with E-state index in [9.17, 15) is 13.9 Å². The third-order valence-electron chi connectivity index (χ3n) is 4.19. The molecule has 1 aromatic carbocycles. The Hall–Kier alpha value is -1.00. The van der Waals surface area contributed by atoms with Gasteiger partial charge in [-0.25, -0.2) is 8.78 Å². The molecular formula is C15H21F2NO. The van der Waals surface area contributed by atoms with Crippen LogP contribution >= 0.6 is 0 Å². The molecule has 0 bridgehead atoms. The van der Waals surface area contributed by atoms with E-state index in [4.69, 9.17) is 0 Å². The minimum Gasteiger partial charge on any atom is -0.396 e. The number of hydrogen-bond donors (Lipinski definition) is 2. The Morgan fingerprint density at radius 1 is 1.32 bits per heavy atom. The molecule has 0 amide bonds. The van der Waals surface area contributed by atoms with Crippen LogP contribution in [-0.4, -0.2) is 18.3 Å². The first-order valence-electron chi connectivity index (χ1n) is 6.91. The van der Waals surface area contributed by atoms with Crippen molar-refractivity contribution in [1.29, 1.82) is 0 Å². The molecule has 1 aromatic rings. The van der Waals surface area contributed by atoms with Crippen molar-refractivity contribution in [3.8, 4) is 0 Å². The van der Waals surface area contributed by atoms with E-state index < -0.39 is 11.6 Å². The number of aliphatic hydroxyl groups is 1. The van der Waals surface area contributed by atoms with Gasteiger partial charge < -0.3 is 10.4 Å². The zero-order chi connectivity index (χ0) is 13.8. The summed E-state index contributed by atoms with van der Waals surface area (Å²) in [6.07, 6.45) is 3.29. The molecule has 0 saturated heterocycles. The van der Waals surface area contributed by atoms with Crippen molar-refractivity contribution in [2.24, 2.45) is 11.8 Å². The SMILES string of the molecule is CC(NCC1CCCC1CO)c1cccc(F)c1F. The zero-order valence-electron chi connectivity index (χ0n) is 11.2. The lowest BCUT2D eigenvalue weighted by Crippen LogP contribution is -2.29. The highest BCUT2D eigenvalue weighted by atomic mass is 19.2. The van der Waals surface area contributed by atoms with Gasteiger partial charge in [0.1, 0.15) is 0 Å². The van der Waals surface area contributed by atoms with Crippen molar-refractivity contribution in [3.63, 3.8) is 0 Å². The van der Waals surface area contributed by atoms with Gasteiger partial charge in [0.25, 0.3) is 0 Å². The summed E-state index contributed by atoms with van der Waals surface area (Å²) in [6.45, 7) is 2.79. The highest BCUT2D eigenvalue weighted by Gasteiger charge is 2.27. The minimum atomic E-state index is -0.805. The van der Waals surface area contributed by atoms with Gasteiger partial charge in [-0.3, -0.25) is 0 Å². The Morgan fingerprint density at radius 2 is 2.05 bits per heavy atom. The van der Waals surface area contributed by atoms with E-state index in [1.165, 1.54) is 6.07 Å². The van der Waals surface area contributed by atoms with Crippen LogP contribution in [0.3, 0.4) is 0 Å². The summed E-state index contributed by atoms with van der Waals surface area (Å²) in [5.41, 5.74) is 0.360. The van der Waals surface area contributed by atoms with E-state index in [0.717, 1.165) is 31.9 Å². The summed E-state index contributed by atoms with van der Waals surface area (Å²) < 4.78 is 26.8. The number of aliphatic hydroxyl groups excluding tert-OH is 1. The van der Waals surface area contributed by atoms with Crippen LogP contribution in [0.15, 0.2) is 18.2 Å². The molecule has 0 radical (unpaired) electrons. The fourth-order valence-corrected chi connectivity index (χ4v) is 2.92. The molecule has 1 fully saturated rings. The lowest BCUT2D eigenvalue weighted by Gasteiger charge is -2.21. The van der Waals surface area contributed by atoms with Crippen LogP contribution in [0.5, 0.6) is 0 Å². The summed E-state index contributed by atoms with van der Waals surface area (Å²) in [5, 5.41) is 12.5. The van der Waals surface area contributed by atoms with E-state index in [-0.39, 0.29) is 12.6 Å². The average Bonchev–Trinajstić information content (AvgIpc) is 2.86. The topological polar surface area (TPSA) is 32.3 Å². The lowest BCUT2D eigenvalue weighted by atomic mass is 9.96. The van der Waals surface area contributed by atoms with Crippen molar-refractivity contribution in [3.05, 3.63) is 35.4 Å². The Labute approximate surface area is 112 Å². The second-order valence-electron chi connectivity index (χ2n) is 5.41. The van der Waals surface area contributed by atoms with Crippen LogP contribution in [0.25, 0.3) is 0 Å². The van der Waals surface area contributed by atoms with Crippen LogP contribution < -0.4 is 5.32 Å². The number of benzene rings is 1. The van der Waals surface area contributed by atoms with E-state index in [1.807, 2.05) is 6.92 Å². The molecule has 3 unspecified atom stereocenters. The molecule has 1 aliphatic rings. The number of hydrogen-bond acceptors (Lipinski definition) is 2. The Kier molecular flexibility index (Phi) is 4.88. The third-order valence-corrected chi connectivity index (χ3v) is 4.19. The largest absolute Gasteiger partial charge is 0.396 e. The standard InChI is InChI=1S/C15H21F2NO/c1-10(13-6-3-7-14(16)15(13)17)18-8-11-4-2-5-12(11)9-19/h3,6-7,10-12,18-19H,2,4-5,8-9H2,1H3. The quantitative estimate of drug-likeness (QED) is 0.861. The molecule has 0 heterocycles. The van der Waals surface area contributed by atoms with Gasteiger partial charge in [0, 0.05) is 18.2 Å². The summed E-state index contributed by atoms with van der Waals surface area (Å²) in [7, 11) is 0. The van der Waals surface area contributed by atoms with Crippen molar-refractivity contribution in [2.45, 2.75) is 32.2 Å². The smallest absolute Gasteiger partial charge is 0.163 e. The summed E-state index contributed by atoms with van der Waals surface area (Å²) >= 11 is 0. The van der Waals surface area contributed by atoms with Crippen LogP contribution in [0.1, 0.15) is 37.8 Å². The van der Waals surface area contributed by atoms with E-state index in [2.05, 4.69) is 5.32 Å². The normalized spacial score (nSPS) is 24.6. The Bertz CT molecular complexity index is 425. The maximum Gasteiger partial charge on any atom is 0.163 e. The lowest BCUT2D eigenvalue weighted by molar-refractivity contribution is 0.190. The molecule has 19 heavy (non-hydrogen) atoms. The van der Waals surface area contributed by atoms with Crippen molar-refractivity contribution in [2.75, 3.05) is 13.2 Å². The van der Waals surface area contributed by atoms with Gasteiger partial charge in [-0.05, 0) is 44.2 Å². The van der Waals surface area contributed by atoms with Gasteiger partial charge in [-0.2, -0.15) is 0 Å². The first-order chi connectivity index (χ1) is 9.13. The first kappa shape index (κ1) is 14.4. The Morgan fingerprint density at radius 3 is 2.79 bits per heavy atom. The molecule has 1 aliphatic carbocycles. The zero-order valence-corrected chi connectivity index (χ0v) is 11.2. The predicted molar refractivity (Wildman–Crippen MR) is 70.7 cm³/mol. The highest BCUT2D eigenvalue weighted by molar-refractivity contribution is 5.21. The van der Waals surface area contributed by atoms with Crippen LogP contribution in [0.4, 0.5) is 8.78 Å². The highest BCUT2D eigenvalue weighted by Crippen LogP contribution is 2.31. The third kappa shape index (κ3) is 3.31. The molecule has 0 aliphatic heterocycles. The molecule has 1 saturated carbocycles. The molecule has 2 nitrogen and oxygen atoms in total. The monoisotopic (exact) mass is 269 g/mol. The van der Waals surface area contributed by atoms with Crippen LogP contribution in [0.2, 0.25) is 0 Å². The minimum absolute atomic E-state index is 0.217. The summed E-state index contributed by atoms with van der Waals surface area (Å²) in [6, 6.07) is 4.03. The van der Waals surface area contributed by atoms with Gasteiger partial charge in [0.15, 0.2) is 11.6 Å². The molecule has 4 heteroatoms. The van der Waals surface area contributed by atoms with E-state index >= 15 is 0 Å². The van der Waals surface area contributed by atoms with Crippen molar-refractivity contribution in [1.82, 2.24) is 5.32 Å². The van der Waals surface area contributed by atoms with Gasteiger partial charge >= 0.3 is 0 Å². The Balaban J connectivity index is 1.94. The van der Waals surface area contributed by atoms with Crippen molar-refractivity contribution >= 4 is 0 Å². The van der Waals surface area contributed by atoms with Gasteiger partial charge in [0.05, 0.1) is 0 Å². The first-order valence-corrected chi connectivity index (χ1v) is 6.91. The molecule has 2 N–H and O–H groups in total. The predicted octanol–water partition coefficient (Wildman–Crippen LogP) is 3.02. The number of nitrogens with one attached hydrogen (secondary N) is 1. The van der Waals surface area contributed by atoms with E-state index in [1.54, 1.807) is 6.07 Å². The molecular weight excluding hydrogens is 248 g/mol. The maximum absolute atomic E-state index is 13.6. The van der Waals surface area contributed by atoms with Gasteiger partial charge in [-0.15, -0.1) is 0 Å². The number of rotatable bonds is 5. The van der Waals surface area contributed by atoms with Crippen LogP contribution in [0, 0.1) is 23.5 Å². The molecule has 2 rings (SSSR count). The van der Waals surface area contributed by atoms with Gasteiger partial charge in [0.2, 0.25) is 0 Å². The molecule has 0 aromatic heterocycles. The average molecular weight is 269 g/mol. The molecule has 106 valence electrons. The molecule has 0 spiro atoms. The van der Waals surface area contributed by atoms with E-state index in [0.29, 0.717) is 17.4 Å². The fraction of sp³-hybridized carbons (Fsp3) is 0.600. The second-order valence-corrected chi connectivity index (χ2v) is 5.41.